The Morgan fingerprint density at radius 3 is 2.86 bits per heavy atom. The minimum Gasteiger partial charge on any atom is -0.369 e. The van der Waals surface area contributed by atoms with Crippen molar-refractivity contribution in [2.45, 2.75) is 4.90 Å². The Bertz CT molecular complexity index is 400. The molecule has 5 heteroatoms. The van der Waals surface area contributed by atoms with Crippen LogP contribution < -0.4 is 5.73 Å². The number of carbonyl (C=O) groups is 1. The lowest BCUT2D eigenvalue weighted by Gasteiger charge is -2.00. The number of carbonyl (C=O) groups excluding carboxylic acids is 1. The third-order valence-corrected chi connectivity index (χ3v) is 2.84. The number of primary amides is 1. The Hall–Kier alpha value is -0.990. The van der Waals surface area contributed by atoms with Crippen molar-refractivity contribution in [1.29, 1.82) is 5.26 Å². The first-order chi connectivity index (χ1) is 6.61. The Morgan fingerprint density at radius 1 is 1.57 bits per heavy atom. The molecule has 0 aliphatic heterocycles. The first kappa shape index (κ1) is 11.1. The van der Waals surface area contributed by atoms with E-state index in [1.807, 2.05) is 12.1 Å². The lowest BCUT2D eigenvalue weighted by molar-refractivity contribution is -0.115. The van der Waals surface area contributed by atoms with Crippen LogP contribution in [0, 0.1) is 11.3 Å². The summed E-state index contributed by atoms with van der Waals surface area (Å²) in [4.78, 5) is 11.4. The third-order valence-electron chi connectivity index (χ3n) is 1.38. The molecule has 2 N–H and O–H groups in total. The number of halogens is 1. The monoisotopic (exact) mass is 270 g/mol. The summed E-state index contributed by atoms with van der Waals surface area (Å²) in [6.45, 7) is 0. The molecule has 0 aliphatic carbocycles. The molecular formula is C9H7BrN2OS. The number of benzene rings is 1. The van der Waals surface area contributed by atoms with E-state index >= 15 is 0 Å². The minimum atomic E-state index is -0.367. The highest BCUT2D eigenvalue weighted by molar-refractivity contribution is 9.10. The molecule has 0 heterocycles. The van der Waals surface area contributed by atoms with E-state index in [0.717, 1.165) is 9.37 Å². The summed E-state index contributed by atoms with van der Waals surface area (Å²) >= 11 is 4.60. The molecule has 1 aromatic rings. The van der Waals surface area contributed by atoms with Crippen LogP contribution in [0.2, 0.25) is 0 Å². The van der Waals surface area contributed by atoms with Crippen LogP contribution in [0.1, 0.15) is 5.56 Å². The van der Waals surface area contributed by atoms with E-state index in [1.165, 1.54) is 11.8 Å². The van der Waals surface area contributed by atoms with Crippen molar-refractivity contribution in [3.05, 3.63) is 28.2 Å². The van der Waals surface area contributed by atoms with Gasteiger partial charge in [-0.2, -0.15) is 5.26 Å². The number of nitrogens with zero attached hydrogens (tertiary/aromatic N) is 1. The van der Waals surface area contributed by atoms with E-state index in [1.54, 1.807) is 12.1 Å². The van der Waals surface area contributed by atoms with Gasteiger partial charge in [0, 0.05) is 9.37 Å². The molecule has 1 amide bonds. The Morgan fingerprint density at radius 2 is 2.29 bits per heavy atom. The van der Waals surface area contributed by atoms with Crippen molar-refractivity contribution in [3.8, 4) is 6.07 Å². The maximum absolute atomic E-state index is 10.5. The smallest absolute Gasteiger partial charge is 0.227 e. The fourth-order valence-corrected chi connectivity index (χ4v) is 2.24. The zero-order valence-electron chi connectivity index (χ0n) is 7.16. The highest BCUT2D eigenvalue weighted by Crippen LogP contribution is 2.23. The molecule has 14 heavy (non-hydrogen) atoms. The average molecular weight is 271 g/mol. The summed E-state index contributed by atoms with van der Waals surface area (Å²) in [5.41, 5.74) is 5.57. The number of rotatable bonds is 3. The predicted molar refractivity (Wildman–Crippen MR) is 58.8 cm³/mol. The lowest BCUT2D eigenvalue weighted by Crippen LogP contribution is -2.12. The number of hydrogen-bond donors (Lipinski definition) is 1. The molecule has 0 saturated heterocycles. The third kappa shape index (κ3) is 3.40. The number of nitrogens with two attached hydrogens (primary N) is 1. The van der Waals surface area contributed by atoms with Crippen molar-refractivity contribution in [2.24, 2.45) is 5.73 Å². The van der Waals surface area contributed by atoms with Crippen molar-refractivity contribution < 1.29 is 4.79 Å². The van der Waals surface area contributed by atoms with Crippen LogP contribution in [0.25, 0.3) is 0 Å². The van der Waals surface area contributed by atoms with Gasteiger partial charge >= 0.3 is 0 Å². The van der Waals surface area contributed by atoms with Crippen LogP contribution >= 0.6 is 27.7 Å². The van der Waals surface area contributed by atoms with Crippen LogP contribution in [0.5, 0.6) is 0 Å². The molecule has 0 aliphatic rings. The standard InChI is InChI=1S/C9H7BrN2OS/c10-7-1-6(4-11)2-8(3-7)14-5-9(12)13/h1-3H,5H2,(H2,12,13). The molecule has 1 aromatic carbocycles. The van der Waals surface area contributed by atoms with Gasteiger partial charge in [-0.25, -0.2) is 0 Å². The van der Waals surface area contributed by atoms with Gasteiger partial charge in [0.25, 0.3) is 0 Å². The second-order valence-corrected chi connectivity index (χ2v) is 4.51. The van der Waals surface area contributed by atoms with Crippen LogP contribution in [0.3, 0.4) is 0 Å². The van der Waals surface area contributed by atoms with E-state index in [-0.39, 0.29) is 11.7 Å². The van der Waals surface area contributed by atoms with Crippen molar-refractivity contribution in [2.75, 3.05) is 5.75 Å². The van der Waals surface area contributed by atoms with Crippen LogP contribution in [0.4, 0.5) is 0 Å². The van der Waals surface area contributed by atoms with Gasteiger partial charge in [0.2, 0.25) is 5.91 Å². The van der Waals surface area contributed by atoms with Gasteiger partial charge in [-0.05, 0) is 18.2 Å². The van der Waals surface area contributed by atoms with Crippen LogP contribution in [0.15, 0.2) is 27.6 Å². The van der Waals surface area contributed by atoms with Gasteiger partial charge in [0.1, 0.15) is 0 Å². The quantitative estimate of drug-likeness (QED) is 0.854. The topological polar surface area (TPSA) is 66.9 Å². The summed E-state index contributed by atoms with van der Waals surface area (Å²) in [6, 6.07) is 7.32. The summed E-state index contributed by atoms with van der Waals surface area (Å²) in [6.07, 6.45) is 0. The molecule has 0 fully saturated rings. The second-order valence-electron chi connectivity index (χ2n) is 2.54. The maximum Gasteiger partial charge on any atom is 0.227 e. The zero-order chi connectivity index (χ0) is 10.6. The molecule has 0 spiro atoms. The van der Waals surface area contributed by atoms with E-state index in [4.69, 9.17) is 11.0 Å². The zero-order valence-corrected chi connectivity index (χ0v) is 9.56. The van der Waals surface area contributed by atoms with Gasteiger partial charge in [0.15, 0.2) is 0 Å². The highest BCUT2D eigenvalue weighted by atomic mass is 79.9. The Balaban J connectivity index is 2.82. The number of amides is 1. The second kappa shape index (κ2) is 5.03. The molecule has 0 bridgehead atoms. The van der Waals surface area contributed by atoms with E-state index in [0.29, 0.717) is 5.56 Å². The minimum absolute atomic E-state index is 0.224. The van der Waals surface area contributed by atoms with E-state index in [2.05, 4.69) is 15.9 Å². The molecule has 3 nitrogen and oxygen atoms in total. The molecule has 0 aromatic heterocycles. The average Bonchev–Trinajstić information content (AvgIpc) is 2.14. The van der Waals surface area contributed by atoms with Crippen molar-refractivity contribution >= 4 is 33.6 Å². The van der Waals surface area contributed by atoms with Crippen molar-refractivity contribution in [1.82, 2.24) is 0 Å². The SMILES string of the molecule is N#Cc1cc(Br)cc(SCC(N)=O)c1. The Labute approximate surface area is 94.4 Å². The summed E-state index contributed by atoms with van der Waals surface area (Å²) in [5, 5.41) is 8.69. The lowest BCUT2D eigenvalue weighted by atomic mass is 10.2. The molecule has 0 radical (unpaired) electrons. The van der Waals surface area contributed by atoms with E-state index in [9.17, 15) is 4.79 Å². The fourth-order valence-electron chi connectivity index (χ4n) is 0.865. The van der Waals surface area contributed by atoms with Crippen molar-refractivity contribution in [3.63, 3.8) is 0 Å². The number of thioether (sulfide) groups is 1. The molecule has 0 unspecified atom stereocenters. The molecule has 0 atom stereocenters. The van der Waals surface area contributed by atoms with Gasteiger partial charge in [0.05, 0.1) is 17.4 Å². The molecule has 72 valence electrons. The normalized spacial score (nSPS) is 9.43. The Kier molecular flexibility index (Phi) is 3.98. The number of nitriles is 1. The summed E-state index contributed by atoms with van der Waals surface area (Å²) in [5.74, 6) is -0.144. The van der Waals surface area contributed by atoms with Crippen LogP contribution in [-0.2, 0) is 4.79 Å². The highest BCUT2D eigenvalue weighted by Gasteiger charge is 2.01. The maximum atomic E-state index is 10.5. The summed E-state index contributed by atoms with van der Waals surface area (Å²) < 4.78 is 0.823. The molecule has 0 saturated carbocycles. The van der Waals surface area contributed by atoms with Gasteiger partial charge < -0.3 is 5.73 Å². The van der Waals surface area contributed by atoms with Gasteiger partial charge in [-0.3, -0.25) is 4.79 Å². The van der Waals surface area contributed by atoms with E-state index < -0.39 is 0 Å². The molecule has 1 rings (SSSR count). The largest absolute Gasteiger partial charge is 0.369 e. The number of hydrogen-bond acceptors (Lipinski definition) is 3. The summed E-state index contributed by atoms with van der Waals surface area (Å²) in [7, 11) is 0. The predicted octanol–water partition coefficient (Wildman–Crippen LogP) is 1.90. The first-order valence-electron chi connectivity index (χ1n) is 3.73. The van der Waals surface area contributed by atoms with Gasteiger partial charge in [-0.15, -0.1) is 11.8 Å². The first-order valence-corrected chi connectivity index (χ1v) is 5.51. The van der Waals surface area contributed by atoms with Gasteiger partial charge in [-0.1, -0.05) is 15.9 Å². The fraction of sp³-hybridized carbons (Fsp3) is 0.111. The van der Waals surface area contributed by atoms with Crippen LogP contribution in [-0.4, -0.2) is 11.7 Å². The molecular weight excluding hydrogens is 264 g/mol.